The van der Waals surface area contributed by atoms with Crippen molar-refractivity contribution in [2.75, 3.05) is 0 Å². The predicted molar refractivity (Wildman–Crippen MR) is 39.3 cm³/mol. The van der Waals surface area contributed by atoms with Crippen LogP contribution in [0, 0.1) is 0 Å². The molecule has 1 nitrogen and oxygen atoms in total. The van der Waals surface area contributed by atoms with Crippen molar-refractivity contribution in [2.45, 2.75) is 19.8 Å². The van der Waals surface area contributed by atoms with E-state index in [1.54, 1.807) is 6.08 Å². The van der Waals surface area contributed by atoms with Gasteiger partial charge in [-0.15, -0.1) is 6.58 Å². The zero-order chi connectivity index (χ0) is 7.11. The van der Waals surface area contributed by atoms with Gasteiger partial charge >= 0.3 is 0 Å². The molecule has 0 fully saturated rings. The van der Waals surface area contributed by atoms with Gasteiger partial charge in [-0.05, 0) is 18.4 Å². The Balaban J connectivity index is 3.80. The lowest BCUT2D eigenvalue weighted by atomic mass is 10.2. The summed E-state index contributed by atoms with van der Waals surface area (Å²) in [6.45, 7) is 5.54. The van der Waals surface area contributed by atoms with E-state index in [9.17, 15) is 4.79 Å². The van der Waals surface area contributed by atoms with E-state index < -0.39 is 0 Å². The van der Waals surface area contributed by atoms with Gasteiger partial charge in [0, 0.05) is 0 Å². The largest absolute Gasteiger partial charge is 0.298 e. The number of aldehydes is 1. The van der Waals surface area contributed by atoms with Crippen molar-refractivity contribution in [1.82, 2.24) is 0 Å². The molecule has 0 heterocycles. The molecule has 0 rings (SSSR count). The SMILES string of the molecule is C=CCC(C=O)=CCC. The van der Waals surface area contributed by atoms with Crippen LogP contribution in [0.2, 0.25) is 0 Å². The van der Waals surface area contributed by atoms with Crippen molar-refractivity contribution in [2.24, 2.45) is 0 Å². The maximum atomic E-state index is 10.2. The van der Waals surface area contributed by atoms with E-state index in [0.717, 1.165) is 18.3 Å². The predicted octanol–water partition coefficient (Wildman–Crippen LogP) is 2.10. The highest BCUT2D eigenvalue weighted by atomic mass is 16.1. The van der Waals surface area contributed by atoms with E-state index in [2.05, 4.69) is 6.58 Å². The average Bonchev–Trinajstić information content (AvgIpc) is 1.88. The molecule has 0 aliphatic carbocycles. The fourth-order valence-corrected chi connectivity index (χ4v) is 0.608. The van der Waals surface area contributed by atoms with E-state index in [4.69, 9.17) is 0 Å². The molecule has 0 radical (unpaired) electrons. The van der Waals surface area contributed by atoms with Crippen molar-refractivity contribution >= 4 is 6.29 Å². The molecule has 9 heavy (non-hydrogen) atoms. The smallest absolute Gasteiger partial charge is 0.146 e. The summed E-state index contributed by atoms with van der Waals surface area (Å²) in [4.78, 5) is 10.2. The molecule has 0 aliphatic rings. The fourth-order valence-electron chi connectivity index (χ4n) is 0.608. The molecule has 0 saturated heterocycles. The van der Waals surface area contributed by atoms with Crippen molar-refractivity contribution in [3.8, 4) is 0 Å². The molecule has 0 aromatic rings. The van der Waals surface area contributed by atoms with Crippen molar-refractivity contribution in [3.05, 3.63) is 24.3 Å². The van der Waals surface area contributed by atoms with E-state index in [0.29, 0.717) is 6.42 Å². The molecule has 0 saturated carbocycles. The molecule has 0 atom stereocenters. The second-order valence-electron chi connectivity index (χ2n) is 1.80. The molecule has 0 aromatic carbocycles. The normalized spacial score (nSPS) is 11.0. The zero-order valence-corrected chi connectivity index (χ0v) is 5.76. The standard InChI is InChI=1S/C8H12O/c1-3-5-8(7-9)6-4-2/h3,6-7H,1,4-5H2,2H3. The Morgan fingerprint density at radius 2 is 2.33 bits per heavy atom. The molecule has 0 spiro atoms. The van der Waals surface area contributed by atoms with Gasteiger partial charge in [-0.2, -0.15) is 0 Å². The molecule has 0 aromatic heterocycles. The van der Waals surface area contributed by atoms with Crippen molar-refractivity contribution in [1.29, 1.82) is 0 Å². The van der Waals surface area contributed by atoms with Crippen LogP contribution in [0.5, 0.6) is 0 Å². The van der Waals surface area contributed by atoms with Crippen LogP contribution in [-0.4, -0.2) is 6.29 Å². The van der Waals surface area contributed by atoms with Crippen LogP contribution < -0.4 is 0 Å². The molecule has 0 aliphatic heterocycles. The van der Waals surface area contributed by atoms with Crippen LogP contribution in [0.25, 0.3) is 0 Å². The number of rotatable bonds is 4. The summed E-state index contributed by atoms with van der Waals surface area (Å²) in [6.07, 6.45) is 6.13. The van der Waals surface area contributed by atoms with Crippen LogP contribution in [0.3, 0.4) is 0 Å². The molecule has 0 N–H and O–H groups in total. The number of hydrogen-bond donors (Lipinski definition) is 0. The number of hydrogen-bond acceptors (Lipinski definition) is 1. The molecular weight excluding hydrogens is 112 g/mol. The number of carbonyl (C=O) groups excluding carboxylic acids is 1. The summed E-state index contributed by atoms with van der Waals surface area (Å²) in [6, 6.07) is 0. The Kier molecular flexibility index (Phi) is 4.79. The summed E-state index contributed by atoms with van der Waals surface area (Å²) in [5, 5.41) is 0. The second-order valence-corrected chi connectivity index (χ2v) is 1.80. The Morgan fingerprint density at radius 3 is 2.67 bits per heavy atom. The van der Waals surface area contributed by atoms with Gasteiger partial charge in [-0.25, -0.2) is 0 Å². The van der Waals surface area contributed by atoms with E-state index in [-0.39, 0.29) is 0 Å². The summed E-state index contributed by atoms with van der Waals surface area (Å²) in [7, 11) is 0. The highest BCUT2D eigenvalue weighted by Crippen LogP contribution is 1.98. The minimum Gasteiger partial charge on any atom is -0.298 e. The highest BCUT2D eigenvalue weighted by Gasteiger charge is 1.86. The van der Waals surface area contributed by atoms with Crippen LogP contribution in [0.1, 0.15) is 19.8 Å². The highest BCUT2D eigenvalue weighted by molar-refractivity contribution is 5.73. The first kappa shape index (κ1) is 8.15. The molecule has 50 valence electrons. The van der Waals surface area contributed by atoms with Crippen LogP contribution in [0.4, 0.5) is 0 Å². The van der Waals surface area contributed by atoms with Gasteiger partial charge in [-0.3, -0.25) is 4.79 Å². The lowest BCUT2D eigenvalue weighted by Crippen LogP contribution is -1.80. The van der Waals surface area contributed by atoms with Crippen molar-refractivity contribution in [3.63, 3.8) is 0 Å². The van der Waals surface area contributed by atoms with Gasteiger partial charge in [0.05, 0.1) is 0 Å². The van der Waals surface area contributed by atoms with Crippen molar-refractivity contribution < 1.29 is 4.79 Å². The maximum absolute atomic E-state index is 10.2. The number of carbonyl (C=O) groups is 1. The number of allylic oxidation sites excluding steroid dienone is 3. The van der Waals surface area contributed by atoms with Crippen LogP contribution in [-0.2, 0) is 4.79 Å². The lowest BCUT2D eigenvalue weighted by molar-refractivity contribution is -0.105. The molecular formula is C8H12O. The molecule has 0 bridgehead atoms. The Labute approximate surface area is 56.1 Å². The maximum Gasteiger partial charge on any atom is 0.146 e. The first-order chi connectivity index (χ1) is 4.35. The minimum absolute atomic E-state index is 0.692. The molecule has 1 heteroatoms. The Morgan fingerprint density at radius 1 is 1.67 bits per heavy atom. The third-order valence-electron chi connectivity index (χ3n) is 0.998. The van der Waals surface area contributed by atoms with Gasteiger partial charge < -0.3 is 0 Å². The molecule has 0 unspecified atom stereocenters. The summed E-state index contributed by atoms with van der Waals surface area (Å²) < 4.78 is 0. The fraction of sp³-hybridized carbons (Fsp3) is 0.375. The minimum atomic E-state index is 0.692. The van der Waals surface area contributed by atoms with Crippen LogP contribution >= 0.6 is 0 Å². The summed E-state index contributed by atoms with van der Waals surface area (Å²) in [5.41, 5.74) is 0.826. The zero-order valence-electron chi connectivity index (χ0n) is 5.76. The second kappa shape index (κ2) is 5.29. The van der Waals surface area contributed by atoms with Gasteiger partial charge in [0.1, 0.15) is 6.29 Å². The third-order valence-corrected chi connectivity index (χ3v) is 0.998. The topological polar surface area (TPSA) is 17.1 Å². The molecule has 0 amide bonds. The first-order valence-electron chi connectivity index (χ1n) is 3.10. The monoisotopic (exact) mass is 124 g/mol. The van der Waals surface area contributed by atoms with Gasteiger partial charge in [0.2, 0.25) is 0 Å². The average molecular weight is 124 g/mol. The summed E-state index contributed by atoms with van der Waals surface area (Å²) >= 11 is 0. The lowest BCUT2D eigenvalue weighted by Gasteiger charge is -1.89. The summed E-state index contributed by atoms with van der Waals surface area (Å²) in [5.74, 6) is 0. The van der Waals surface area contributed by atoms with E-state index >= 15 is 0 Å². The van der Waals surface area contributed by atoms with Gasteiger partial charge in [-0.1, -0.05) is 19.1 Å². The van der Waals surface area contributed by atoms with E-state index in [1.807, 2.05) is 13.0 Å². The quantitative estimate of drug-likeness (QED) is 0.318. The van der Waals surface area contributed by atoms with Crippen LogP contribution in [0.15, 0.2) is 24.3 Å². The Hall–Kier alpha value is -0.850. The third kappa shape index (κ3) is 3.71. The van der Waals surface area contributed by atoms with E-state index in [1.165, 1.54) is 0 Å². The van der Waals surface area contributed by atoms with Gasteiger partial charge in [0.25, 0.3) is 0 Å². The first-order valence-corrected chi connectivity index (χ1v) is 3.10. The van der Waals surface area contributed by atoms with Gasteiger partial charge in [0.15, 0.2) is 0 Å². The Bertz CT molecular complexity index is 123.